The Labute approximate surface area is 148 Å². The highest BCUT2D eigenvalue weighted by atomic mass is 16.5. The molecule has 2 aliphatic rings. The van der Waals surface area contributed by atoms with Gasteiger partial charge in [0.1, 0.15) is 11.8 Å². The average Bonchev–Trinajstić information content (AvgIpc) is 2.96. The molecule has 3 N–H and O–H groups in total. The third-order valence-corrected chi connectivity index (χ3v) is 5.33. The van der Waals surface area contributed by atoms with Crippen LogP contribution in [-0.4, -0.2) is 41.9 Å². The van der Waals surface area contributed by atoms with Gasteiger partial charge in [-0.15, -0.1) is 0 Å². The minimum atomic E-state index is -0.804. The van der Waals surface area contributed by atoms with Crippen molar-refractivity contribution >= 4 is 11.8 Å². The van der Waals surface area contributed by atoms with E-state index in [9.17, 15) is 9.59 Å². The van der Waals surface area contributed by atoms with Crippen molar-refractivity contribution in [3.63, 3.8) is 0 Å². The van der Waals surface area contributed by atoms with Gasteiger partial charge in [0.25, 0.3) is 0 Å². The monoisotopic (exact) mass is 345 g/mol. The predicted molar refractivity (Wildman–Crippen MR) is 95.0 cm³/mol. The zero-order chi connectivity index (χ0) is 17.9. The van der Waals surface area contributed by atoms with Crippen LogP contribution in [0.25, 0.3) is 0 Å². The number of hydrogen-bond donors (Lipinski definition) is 2. The van der Waals surface area contributed by atoms with Crippen LogP contribution >= 0.6 is 0 Å². The lowest BCUT2D eigenvalue weighted by Gasteiger charge is -2.32. The molecule has 136 valence electrons. The highest BCUT2D eigenvalue weighted by Gasteiger charge is 2.39. The number of carbonyl (C=O) groups excluding carboxylic acids is 2. The molecule has 1 atom stereocenters. The summed E-state index contributed by atoms with van der Waals surface area (Å²) in [6.45, 7) is 1.19. The standard InChI is InChI=1S/C19H27N3O3/c1-25-15-7-5-14(6-8-15)13-22-12-9-16(17(22)23)21-18(24)19(20)10-3-2-4-11-19/h5-8,16H,2-4,9-13,20H2,1H3,(H,21,24). The van der Waals surface area contributed by atoms with Gasteiger partial charge in [-0.25, -0.2) is 0 Å². The Hall–Kier alpha value is -2.08. The maximum Gasteiger partial charge on any atom is 0.245 e. The van der Waals surface area contributed by atoms with E-state index in [1.165, 1.54) is 0 Å². The zero-order valence-electron chi connectivity index (χ0n) is 14.8. The number of carbonyl (C=O) groups is 2. The van der Waals surface area contributed by atoms with Gasteiger partial charge in [-0.3, -0.25) is 9.59 Å². The van der Waals surface area contributed by atoms with Crippen LogP contribution in [-0.2, 0) is 16.1 Å². The molecule has 1 aromatic carbocycles. The van der Waals surface area contributed by atoms with Crippen molar-refractivity contribution in [1.29, 1.82) is 0 Å². The molecule has 2 fully saturated rings. The molecule has 0 bridgehead atoms. The Kier molecular flexibility index (Phi) is 5.27. The van der Waals surface area contributed by atoms with E-state index in [1.807, 2.05) is 24.3 Å². The van der Waals surface area contributed by atoms with Crippen LogP contribution in [0.4, 0.5) is 0 Å². The molecule has 0 radical (unpaired) electrons. The van der Waals surface area contributed by atoms with Crippen molar-refractivity contribution in [2.75, 3.05) is 13.7 Å². The number of methoxy groups -OCH3 is 1. The molecule has 1 unspecified atom stereocenters. The fourth-order valence-electron chi connectivity index (χ4n) is 3.69. The SMILES string of the molecule is COc1ccc(CN2CCC(NC(=O)C3(N)CCCCC3)C2=O)cc1. The quantitative estimate of drug-likeness (QED) is 0.848. The highest BCUT2D eigenvalue weighted by molar-refractivity contribution is 5.93. The molecule has 6 nitrogen and oxygen atoms in total. The first kappa shape index (κ1) is 17.7. The normalized spacial score (nSPS) is 22.7. The summed E-state index contributed by atoms with van der Waals surface area (Å²) in [6.07, 6.45) is 5.13. The Morgan fingerprint density at radius 3 is 2.60 bits per heavy atom. The molecule has 25 heavy (non-hydrogen) atoms. The minimum absolute atomic E-state index is 0.0245. The largest absolute Gasteiger partial charge is 0.497 e. The van der Waals surface area contributed by atoms with Crippen LogP contribution in [0.5, 0.6) is 5.75 Å². The molecule has 1 aromatic rings. The minimum Gasteiger partial charge on any atom is -0.497 e. The molecule has 1 saturated heterocycles. The summed E-state index contributed by atoms with van der Waals surface area (Å²) in [5.41, 5.74) is 6.50. The van der Waals surface area contributed by atoms with Gasteiger partial charge in [-0.2, -0.15) is 0 Å². The second kappa shape index (κ2) is 7.44. The van der Waals surface area contributed by atoms with Gasteiger partial charge in [-0.1, -0.05) is 31.4 Å². The number of amides is 2. The molecule has 6 heteroatoms. The molecular formula is C19H27N3O3. The summed E-state index contributed by atoms with van der Waals surface area (Å²) in [5.74, 6) is 0.600. The summed E-state index contributed by atoms with van der Waals surface area (Å²) >= 11 is 0. The Bertz CT molecular complexity index is 623. The van der Waals surface area contributed by atoms with E-state index in [0.29, 0.717) is 32.4 Å². The van der Waals surface area contributed by atoms with Crippen LogP contribution in [0.15, 0.2) is 24.3 Å². The molecule has 2 amide bonds. The fourth-order valence-corrected chi connectivity index (χ4v) is 3.69. The number of nitrogens with one attached hydrogen (secondary N) is 1. The third-order valence-electron chi connectivity index (χ3n) is 5.33. The Morgan fingerprint density at radius 2 is 1.96 bits per heavy atom. The Balaban J connectivity index is 1.56. The lowest BCUT2D eigenvalue weighted by atomic mass is 9.81. The van der Waals surface area contributed by atoms with Gasteiger partial charge in [0.15, 0.2) is 0 Å². The predicted octanol–water partition coefficient (Wildman–Crippen LogP) is 1.57. The summed E-state index contributed by atoms with van der Waals surface area (Å²) in [5, 5.41) is 2.90. The summed E-state index contributed by atoms with van der Waals surface area (Å²) in [6, 6.07) is 7.23. The molecule has 3 rings (SSSR count). The van der Waals surface area contributed by atoms with Crippen LogP contribution in [0.2, 0.25) is 0 Å². The number of nitrogens with two attached hydrogens (primary N) is 1. The second-order valence-corrected chi connectivity index (χ2v) is 7.14. The molecule has 1 saturated carbocycles. The lowest BCUT2D eigenvalue weighted by Crippen LogP contribution is -2.58. The third kappa shape index (κ3) is 3.95. The van der Waals surface area contributed by atoms with Crippen LogP contribution < -0.4 is 15.8 Å². The van der Waals surface area contributed by atoms with Crippen LogP contribution in [0.1, 0.15) is 44.1 Å². The first-order valence-corrected chi connectivity index (χ1v) is 9.03. The summed E-state index contributed by atoms with van der Waals surface area (Å²) in [4.78, 5) is 26.9. The van der Waals surface area contributed by atoms with E-state index < -0.39 is 11.6 Å². The molecule has 0 aromatic heterocycles. The van der Waals surface area contributed by atoms with E-state index >= 15 is 0 Å². The number of rotatable bonds is 5. The number of hydrogen-bond acceptors (Lipinski definition) is 4. The van der Waals surface area contributed by atoms with Crippen molar-refractivity contribution in [2.45, 2.75) is 56.7 Å². The number of likely N-dealkylation sites (tertiary alicyclic amines) is 1. The number of benzene rings is 1. The maximum atomic E-state index is 12.6. The van der Waals surface area contributed by atoms with Gasteiger partial charge in [0.05, 0.1) is 12.6 Å². The topological polar surface area (TPSA) is 84.7 Å². The molecule has 1 aliphatic heterocycles. The Morgan fingerprint density at radius 1 is 1.28 bits per heavy atom. The molecule has 1 heterocycles. The highest BCUT2D eigenvalue weighted by Crippen LogP contribution is 2.27. The van der Waals surface area contributed by atoms with Gasteiger partial charge in [-0.05, 0) is 37.0 Å². The van der Waals surface area contributed by atoms with Crippen LogP contribution in [0, 0.1) is 0 Å². The fraction of sp³-hybridized carbons (Fsp3) is 0.579. The second-order valence-electron chi connectivity index (χ2n) is 7.14. The van der Waals surface area contributed by atoms with Crippen molar-refractivity contribution in [1.82, 2.24) is 10.2 Å². The zero-order valence-corrected chi connectivity index (χ0v) is 14.8. The van der Waals surface area contributed by atoms with Crippen molar-refractivity contribution in [2.24, 2.45) is 5.73 Å². The van der Waals surface area contributed by atoms with Crippen molar-refractivity contribution in [3.8, 4) is 5.75 Å². The first-order valence-electron chi connectivity index (χ1n) is 9.03. The van der Waals surface area contributed by atoms with E-state index in [4.69, 9.17) is 10.5 Å². The van der Waals surface area contributed by atoms with E-state index in [0.717, 1.165) is 30.6 Å². The summed E-state index contributed by atoms with van der Waals surface area (Å²) in [7, 11) is 1.63. The van der Waals surface area contributed by atoms with Gasteiger partial charge >= 0.3 is 0 Å². The van der Waals surface area contributed by atoms with E-state index in [-0.39, 0.29) is 11.8 Å². The lowest BCUT2D eigenvalue weighted by molar-refractivity contribution is -0.135. The van der Waals surface area contributed by atoms with Gasteiger partial charge in [0, 0.05) is 13.1 Å². The van der Waals surface area contributed by atoms with E-state index in [2.05, 4.69) is 5.32 Å². The number of nitrogens with zero attached hydrogens (tertiary/aromatic N) is 1. The van der Waals surface area contributed by atoms with Gasteiger partial charge < -0.3 is 20.7 Å². The molecule has 0 spiro atoms. The van der Waals surface area contributed by atoms with E-state index in [1.54, 1.807) is 12.0 Å². The number of ether oxygens (including phenoxy) is 1. The van der Waals surface area contributed by atoms with Crippen LogP contribution in [0.3, 0.4) is 0 Å². The van der Waals surface area contributed by atoms with Crippen molar-refractivity contribution < 1.29 is 14.3 Å². The smallest absolute Gasteiger partial charge is 0.245 e. The summed E-state index contributed by atoms with van der Waals surface area (Å²) < 4.78 is 5.15. The molecule has 1 aliphatic carbocycles. The average molecular weight is 345 g/mol. The van der Waals surface area contributed by atoms with Gasteiger partial charge in [0.2, 0.25) is 11.8 Å². The van der Waals surface area contributed by atoms with Crippen molar-refractivity contribution in [3.05, 3.63) is 29.8 Å². The molecular weight excluding hydrogens is 318 g/mol. The first-order chi connectivity index (χ1) is 12.0. The maximum absolute atomic E-state index is 12.6.